The van der Waals surface area contributed by atoms with Crippen molar-refractivity contribution >= 4 is 15.9 Å². The van der Waals surface area contributed by atoms with Crippen molar-refractivity contribution in [3.05, 3.63) is 0 Å². The lowest BCUT2D eigenvalue weighted by Crippen LogP contribution is -2.49. The van der Waals surface area contributed by atoms with Gasteiger partial charge in [-0.15, -0.1) is 0 Å². The first-order valence-electron chi connectivity index (χ1n) is 9.24. The highest BCUT2D eigenvalue weighted by molar-refractivity contribution is 7.89. The summed E-state index contributed by atoms with van der Waals surface area (Å²) in [5, 5.41) is 0. The Morgan fingerprint density at radius 3 is 2.54 bits per heavy atom. The molecule has 0 bridgehead atoms. The fourth-order valence-electron chi connectivity index (χ4n) is 4.51. The van der Waals surface area contributed by atoms with Crippen LogP contribution >= 0.6 is 0 Å². The van der Waals surface area contributed by atoms with Crippen LogP contribution in [0.2, 0.25) is 0 Å². The first kappa shape index (κ1) is 18.1. The van der Waals surface area contributed by atoms with Crippen LogP contribution in [0.3, 0.4) is 0 Å². The number of carbonyl (C=O) groups excluding carboxylic acids is 1. The molecule has 3 aliphatic rings. The molecule has 1 aliphatic carbocycles. The molecule has 0 N–H and O–H groups in total. The van der Waals surface area contributed by atoms with Gasteiger partial charge in [0.15, 0.2) is 0 Å². The van der Waals surface area contributed by atoms with Gasteiger partial charge in [-0.3, -0.25) is 4.79 Å². The molecule has 2 saturated heterocycles. The van der Waals surface area contributed by atoms with E-state index in [1.165, 1.54) is 28.5 Å². The SMILES string of the molecule is CN(C)C(=O)C1C[C@@H]2OCC[C@@H]2N1S(=O)(=O)CCC1CCCCC1. The van der Waals surface area contributed by atoms with Gasteiger partial charge in [0.1, 0.15) is 6.04 Å². The molecule has 0 aromatic rings. The maximum atomic E-state index is 13.1. The number of carbonyl (C=O) groups is 1. The van der Waals surface area contributed by atoms with Crippen molar-refractivity contribution < 1.29 is 17.9 Å². The van der Waals surface area contributed by atoms with Gasteiger partial charge in [-0.2, -0.15) is 4.31 Å². The minimum atomic E-state index is -3.44. The molecule has 0 aromatic carbocycles. The molecule has 3 fully saturated rings. The highest BCUT2D eigenvalue weighted by atomic mass is 32.2. The molecule has 7 heteroatoms. The van der Waals surface area contributed by atoms with Crippen LogP contribution in [0, 0.1) is 5.92 Å². The second-order valence-electron chi connectivity index (χ2n) is 7.69. The Bertz CT molecular complexity index is 557. The molecule has 2 heterocycles. The normalized spacial score (nSPS) is 32.0. The lowest BCUT2D eigenvalue weighted by atomic mass is 9.88. The quantitative estimate of drug-likeness (QED) is 0.749. The average molecular weight is 359 g/mol. The van der Waals surface area contributed by atoms with Crippen LogP contribution in [0.1, 0.15) is 51.4 Å². The molecule has 3 rings (SSSR count). The molecule has 24 heavy (non-hydrogen) atoms. The van der Waals surface area contributed by atoms with Crippen molar-refractivity contribution in [3.8, 4) is 0 Å². The smallest absolute Gasteiger partial charge is 0.240 e. The molecular weight excluding hydrogens is 328 g/mol. The molecule has 0 aromatic heterocycles. The lowest BCUT2D eigenvalue weighted by molar-refractivity contribution is -0.132. The number of likely N-dealkylation sites (N-methyl/N-ethyl adjacent to an activating group) is 1. The van der Waals surface area contributed by atoms with Crippen molar-refractivity contribution in [2.75, 3.05) is 26.5 Å². The number of ether oxygens (including phenoxy) is 1. The Kier molecular flexibility index (Phi) is 5.52. The molecule has 0 spiro atoms. The van der Waals surface area contributed by atoms with Gasteiger partial charge in [-0.05, 0) is 18.8 Å². The van der Waals surface area contributed by atoms with Crippen molar-refractivity contribution in [3.63, 3.8) is 0 Å². The van der Waals surface area contributed by atoms with Crippen molar-refractivity contribution in [1.82, 2.24) is 9.21 Å². The standard InChI is InChI=1S/C17H30N2O4S/c1-18(2)17(20)15-12-16-14(8-10-23-16)19(15)24(21,22)11-9-13-6-4-3-5-7-13/h13-16H,3-12H2,1-2H3/t14-,15?,16-/m0/s1. The third-order valence-electron chi connectivity index (χ3n) is 5.82. The summed E-state index contributed by atoms with van der Waals surface area (Å²) in [6, 6.07) is -0.748. The minimum absolute atomic E-state index is 0.122. The summed E-state index contributed by atoms with van der Waals surface area (Å²) in [6.45, 7) is 0.590. The van der Waals surface area contributed by atoms with Crippen LogP contribution in [0.25, 0.3) is 0 Å². The Balaban J connectivity index is 1.73. The van der Waals surface area contributed by atoms with E-state index in [9.17, 15) is 13.2 Å². The first-order chi connectivity index (χ1) is 11.4. The third kappa shape index (κ3) is 3.63. The molecule has 1 amide bonds. The van der Waals surface area contributed by atoms with Gasteiger partial charge in [0.05, 0.1) is 17.9 Å². The van der Waals surface area contributed by atoms with Gasteiger partial charge >= 0.3 is 0 Å². The maximum Gasteiger partial charge on any atom is 0.240 e. The lowest BCUT2D eigenvalue weighted by Gasteiger charge is -2.30. The summed E-state index contributed by atoms with van der Waals surface area (Å²) in [4.78, 5) is 14.0. The number of amides is 1. The second-order valence-corrected chi connectivity index (χ2v) is 9.68. The Hall–Kier alpha value is -0.660. The molecule has 1 unspecified atom stereocenters. The Morgan fingerprint density at radius 1 is 1.17 bits per heavy atom. The molecule has 1 saturated carbocycles. The summed E-state index contributed by atoms with van der Waals surface area (Å²) < 4.78 is 33.3. The second kappa shape index (κ2) is 7.30. The first-order valence-corrected chi connectivity index (χ1v) is 10.8. The van der Waals surface area contributed by atoms with Gasteiger partial charge in [0.25, 0.3) is 0 Å². The van der Waals surface area contributed by atoms with E-state index in [0.717, 1.165) is 19.3 Å². The van der Waals surface area contributed by atoms with E-state index < -0.39 is 16.1 Å². The van der Waals surface area contributed by atoms with Crippen LogP contribution in [0.4, 0.5) is 0 Å². The summed E-state index contributed by atoms with van der Waals surface area (Å²) >= 11 is 0. The number of fused-ring (bicyclic) bond motifs is 1. The van der Waals surface area contributed by atoms with E-state index in [4.69, 9.17) is 4.74 Å². The van der Waals surface area contributed by atoms with Crippen molar-refractivity contribution in [2.24, 2.45) is 5.92 Å². The molecule has 138 valence electrons. The van der Waals surface area contributed by atoms with E-state index in [1.54, 1.807) is 14.1 Å². The summed E-state index contributed by atoms with van der Waals surface area (Å²) in [7, 11) is -0.0662. The van der Waals surface area contributed by atoms with E-state index in [1.807, 2.05) is 0 Å². The van der Waals surface area contributed by atoms with Gasteiger partial charge < -0.3 is 9.64 Å². The zero-order chi connectivity index (χ0) is 17.3. The molecule has 2 aliphatic heterocycles. The van der Waals surface area contributed by atoms with Gasteiger partial charge in [0, 0.05) is 27.1 Å². The van der Waals surface area contributed by atoms with Gasteiger partial charge in [0.2, 0.25) is 15.9 Å². The monoisotopic (exact) mass is 358 g/mol. The fraction of sp³-hybridized carbons (Fsp3) is 0.941. The van der Waals surface area contributed by atoms with E-state index in [2.05, 4.69) is 0 Å². The summed E-state index contributed by atoms with van der Waals surface area (Å²) in [5.74, 6) is 0.557. The van der Waals surface area contributed by atoms with E-state index >= 15 is 0 Å². The zero-order valence-corrected chi connectivity index (χ0v) is 15.6. The minimum Gasteiger partial charge on any atom is -0.376 e. The van der Waals surface area contributed by atoms with Gasteiger partial charge in [-0.25, -0.2) is 8.42 Å². The molecule has 0 radical (unpaired) electrons. The zero-order valence-electron chi connectivity index (χ0n) is 14.8. The predicted molar refractivity (Wildman–Crippen MR) is 92.1 cm³/mol. The largest absolute Gasteiger partial charge is 0.376 e. The van der Waals surface area contributed by atoms with Crippen LogP contribution in [-0.4, -0.2) is 68.2 Å². The van der Waals surface area contributed by atoms with Crippen molar-refractivity contribution in [2.45, 2.75) is 69.6 Å². The number of hydrogen-bond donors (Lipinski definition) is 0. The van der Waals surface area contributed by atoms with Crippen LogP contribution < -0.4 is 0 Å². The predicted octanol–water partition coefficient (Wildman–Crippen LogP) is 1.61. The number of rotatable bonds is 5. The topological polar surface area (TPSA) is 66.9 Å². The molecule has 6 nitrogen and oxygen atoms in total. The van der Waals surface area contributed by atoms with Crippen LogP contribution in [-0.2, 0) is 19.6 Å². The number of hydrogen-bond acceptors (Lipinski definition) is 4. The van der Waals surface area contributed by atoms with Crippen LogP contribution in [0.5, 0.6) is 0 Å². The van der Waals surface area contributed by atoms with Gasteiger partial charge in [-0.1, -0.05) is 32.1 Å². The maximum absolute atomic E-state index is 13.1. The van der Waals surface area contributed by atoms with E-state index in [-0.39, 0.29) is 23.8 Å². The van der Waals surface area contributed by atoms with Crippen molar-refractivity contribution in [1.29, 1.82) is 0 Å². The summed E-state index contributed by atoms with van der Waals surface area (Å²) in [5.41, 5.74) is 0. The molecule has 3 atom stereocenters. The molecular formula is C17H30N2O4S. The number of sulfonamides is 1. The fourth-order valence-corrected chi connectivity index (χ4v) is 6.57. The highest BCUT2D eigenvalue weighted by Crippen LogP contribution is 2.37. The number of nitrogens with zero attached hydrogens (tertiary/aromatic N) is 2. The average Bonchev–Trinajstić information content (AvgIpc) is 3.13. The van der Waals surface area contributed by atoms with E-state index in [0.29, 0.717) is 25.4 Å². The highest BCUT2D eigenvalue weighted by Gasteiger charge is 2.52. The third-order valence-corrected chi connectivity index (χ3v) is 7.74. The Morgan fingerprint density at radius 2 is 1.88 bits per heavy atom. The van der Waals surface area contributed by atoms with Crippen LogP contribution in [0.15, 0.2) is 0 Å². The summed E-state index contributed by atoms with van der Waals surface area (Å²) in [6.07, 6.45) is 7.78. The Labute approximate surface area is 145 Å².